The van der Waals surface area contributed by atoms with Crippen molar-refractivity contribution in [1.82, 2.24) is 0 Å². The molecular formula is C22H32O9P2. The zero-order chi connectivity index (χ0) is 23.7. The van der Waals surface area contributed by atoms with E-state index < -0.39 is 39.8 Å². The molecular weight excluding hydrogens is 470 g/mol. The van der Waals surface area contributed by atoms with Gasteiger partial charge < -0.3 is 28.7 Å². The predicted octanol–water partition coefficient (Wildman–Crippen LogP) is 3.54. The van der Waals surface area contributed by atoms with Gasteiger partial charge in [-0.2, -0.15) is 0 Å². The van der Waals surface area contributed by atoms with Crippen LogP contribution in [0.4, 0.5) is 0 Å². The first-order chi connectivity index (χ1) is 15.9. The van der Waals surface area contributed by atoms with E-state index in [4.69, 9.17) is 23.7 Å². The van der Waals surface area contributed by atoms with E-state index in [1.54, 1.807) is 0 Å². The number of hydrogen-bond donors (Lipinski definition) is 0. The molecule has 0 saturated carbocycles. The summed E-state index contributed by atoms with van der Waals surface area (Å²) < 4.78 is 49.9. The van der Waals surface area contributed by atoms with Crippen LogP contribution in [0, 0.1) is 5.41 Å². The SMILES string of the molecule is CCCCCCCCCc1ccc(OC2OC([P+](=O)[O-])OCC23COC([P+](=O)[O-])OC3)cc1. The minimum atomic E-state index is -3.00. The van der Waals surface area contributed by atoms with Crippen molar-refractivity contribution in [3.8, 4) is 5.75 Å². The van der Waals surface area contributed by atoms with Gasteiger partial charge in [0.2, 0.25) is 6.29 Å². The maximum absolute atomic E-state index is 11.4. The van der Waals surface area contributed by atoms with E-state index in [2.05, 4.69) is 6.92 Å². The Bertz CT molecular complexity index is 757. The summed E-state index contributed by atoms with van der Waals surface area (Å²) in [6, 6.07) is 4.78. The van der Waals surface area contributed by atoms with Crippen molar-refractivity contribution >= 4 is 16.1 Å². The van der Waals surface area contributed by atoms with Crippen LogP contribution in [0.15, 0.2) is 24.3 Å². The molecule has 0 aromatic heterocycles. The fourth-order valence-electron chi connectivity index (χ4n) is 3.91. The molecule has 11 heteroatoms. The number of rotatable bonds is 12. The summed E-state index contributed by atoms with van der Waals surface area (Å²) in [5.74, 6) is 0.501. The van der Waals surface area contributed by atoms with Gasteiger partial charge in [-0.3, -0.25) is 4.74 Å². The molecule has 4 unspecified atom stereocenters. The molecule has 0 N–H and O–H groups in total. The summed E-state index contributed by atoms with van der Waals surface area (Å²) in [6.45, 7) is 1.98. The summed E-state index contributed by atoms with van der Waals surface area (Å²) in [4.78, 5) is 22.5. The highest BCUT2D eigenvalue weighted by molar-refractivity contribution is 7.37. The molecule has 0 aliphatic carbocycles. The van der Waals surface area contributed by atoms with Crippen LogP contribution in [-0.4, -0.2) is 38.2 Å². The van der Waals surface area contributed by atoms with Gasteiger partial charge in [0.15, 0.2) is 0 Å². The minimum absolute atomic E-state index is 0.0790. The quantitative estimate of drug-likeness (QED) is 0.312. The van der Waals surface area contributed by atoms with Crippen LogP contribution in [0.3, 0.4) is 0 Å². The van der Waals surface area contributed by atoms with Gasteiger partial charge >= 0.3 is 28.1 Å². The molecule has 0 amide bonds. The Balaban J connectivity index is 1.55. The normalized spacial score (nSPS) is 28.5. The average Bonchev–Trinajstić information content (AvgIpc) is 2.81. The van der Waals surface area contributed by atoms with Crippen molar-refractivity contribution in [3.63, 3.8) is 0 Å². The lowest BCUT2D eigenvalue weighted by atomic mass is 9.89. The third-order valence-corrected chi connectivity index (χ3v) is 7.12. The molecule has 184 valence electrons. The molecule has 0 bridgehead atoms. The van der Waals surface area contributed by atoms with Gasteiger partial charge in [-0.25, -0.2) is 0 Å². The van der Waals surface area contributed by atoms with Gasteiger partial charge in [0.05, 0.1) is 19.8 Å². The van der Waals surface area contributed by atoms with E-state index in [1.807, 2.05) is 24.3 Å². The average molecular weight is 502 g/mol. The van der Waals surface area contributed by atoms with E-state index >= 15 is 0 Å². The van der Waals surface area contributed by atoms with Crippen molar-refractivity contribution < 1.29 is 42.6 Å². The van der Waals surface area contributed by atoms with Crippen LogP contribution in [0.2, 0.25) is 0 Å². The molecule has 1 spiro atoms. The Labute approximate surface area is 196 Å². The molecule has 1 aromatic carbocycles. The third kappa shape index (κ3) is 7.74. The molecule has 33 heavy (non-hydrogen) atoms. The van der Waals surface area contributed by atoms with Crippen LogP contribution >= 0.6 is 16.1 Å². The minimum Gasteiger partial charge on any atom is -0.591 e. The number of unbranched alkanes of at least 4 members (excludes halogenated alkanes) is 6. The van der Waals surface area contributed by atoms with Crippen molar-refractivity contribution in [2.45, 2.75) is 76.6 Å². The first-order valence-electron chi connectivity index (χ1n) is 11.5. The lowest BCUT2D eigenvalue weighted by Gasteiger charge is -2.44. The maximum atomic E-state index is 11.4. The smallest absolute Gasteiger partial charge is 0.373 e. The second-order valence-electron chi connectivity index (χ2n) is 8.58. The van der Waals surface area contributed by atoms with Crippen LogP contribution in [0.5, 0.6) is 5.75 Å². The van der Waals surface area contributed by atoms with Crippen LogP contribution in [0.25, 0.3) is 0 Å². The summed E-state index contributed by atoms with van der Waals surface area (Å²) in [6.07, 6.45) is 8.72. The molecule has 2 saturated heterocycles. The van der Waals surface area contributed by atoms with Crippen molar-refractivity contribution in [3.05, 3.63) is 29.8 Å². The van der Waals surface area contributed by atoms with Gasteiger partial charge in [0.1, 0.15) is 11.2 Å². The number of aryl methyl sites for hydroxylation is 1. The third-order valence-electron chi connectivity index (χ3n) is 5.86. The molecule has 2 fully saturated rings. The van der Waals surface area contributed by atoms with Gasteiger partial charge in [-0.05, 0) is 30.5 Å². The zero-order valence-corrected chi connectivity index (χ0v) is 20.7. The van der Waals surface area contributed by atoms with Crippen molar-refractivity contribution in [2.24, 2.45) is 5.41 Å². The standard InChI is InChI=1S/C22H32O9P2/c1-2-3-4-5-6-7-8-9-17-10-12-18(13-11-17)30-19-22(16-29-21(31-19)33(25)26)14-27-20(28-15-22)32(23)24/h10-13,19-21H,2-9,14-16H2,1H3. The Kier molecular flexibility index (Phi) is 10.6. The van der Waals surface area contributed by atoms with Gasteiger partial charge in [-0.15, -0.1) is 0 Å². The van der Waals surface area contributed by atoms with Gasteiger partial charge in [0, 0.05) is 0 Å². The number of hydrogen-bond acceptors (Lipinski definition) is 9. The van der Waals surface area contributed by atoms with Crippen LogP contribution in [0.1, 0.15) is 57.4 Å². The number of ether oxygens (including phenoxy) is 5. The zero-order valence-electron chi connectivity index (χ0n) is 18.9. The number of benzene rings is 1. The van der Waals surface area contributed by atoms with Crippen molar-refractivity contribution in [1.29, 1.82) is 0 Å². The summed E-state index contributed by atoms with van der Waals surface area (Å²) >= 11 is 0. The molecule has 2 aliphatic heterocycles. The van der Waals surface area contributed by atoms with Crippen LogP contribution < -0.4 is 14.5 Å². The first-order valence-corrected chi connectivity index (χ1v) is 14.0. The summed E-state index contributed by atoms with van der Waals surface area (Å²) in [5.41, 5.74) is 0.200. The van der Waals surface area contributed by atoms with E-state index in [1.165, 1.54) is 44.1 Å². The lowest BCUT2D eigenvalue weighted by Crippen LogP contribution is -2.59. The van der Waals surface area contributed by atoms with Gasteiger partial charge in [-0.1, -0.05) is 66.7 Å². The van der Waals surface area contributed by atoms with Gasteiger partial charge in [0.25, 0.3) is 0 Å². The second-order valence-corrected chi connectivity index (χ2v) is 10.6. The Morgan fingerprint density at radius 3 is 2.00 bits per heavy atom. The largest absolute Gasteiger partial charge is 0.591 e. The summed E-state index contributed by atoms with van der Waals surface area (Å²) in [7, 11) is -5.92. The molecule has 9 nitrogen and oxygen atoms in total. The van der Waals surface area contributed by atoms with E-state index in [-0.39, 0.29) is 19.8 Å². The fourth-order valence-corrected chi connectivity index (χ4v) is 4.71. The van der Waals surface area contributed by atoms with E-state index in [0.29, 0.717) is 5.75 Å². The van der Waals surface area contributed by atoms with Crippen LogP contribution in [-0.2, 0) is 34.5 Å². The highest BCUT2D eigenvalue weighted by Gasteiger charge is 2.55. The highest BCUT2D eigenvalue weighted by Crippen LogP contribution is 2.42. The molecule has 0 radical (unpaired) electrons. The second kappa shape index (κ2) is 13.2. The molecule has 4 atom stereocenters. The van der Waals surface area contributed by atoms with Crippen molar-refractivity contribution in [2.75, 3.05) is 19.8 Å². The first kappa shape index (κ1) is 26.6. The topological polar surface area (TPSA) is 126 Å². The molecule has 1 aromatic rings. The molecule has 3 rings (SSSR count). The fraction of sp³-hybridized carbons (Fsp3) is 0.727. The molecule has 2 aliphatic rings. The predicted molar refractivity (Wildman–Crippen MR) is 117 cm³/mol. The molecule has 2 heterocycles. The van der Waals surface area contributed by atoms with E-state index in [9.17, 15) is 18.9 Å². The van der Waals surface area contributed by atoms with E-state index in [0.717, 1.165) is 12.8 Å². The highest BCUT2D eigenvalue weighted by atomic mass is 31.1. The Hall–Kier alpha value is -1.02. The monoisotopic (exact) mass is 502 g/mol. The summed E-state index contributed by atoms with van der Waals surface area (Å²) in [5, 5.41) is 0. The Morgan fingerprint density at radius 1 is 0.879 bits per heavy atom. The maximum Gasteiger partial charge on any atom is 0.373 e. The Morgan fingerprint density at radius 2 is 1.42 bits per heavy atom. The lowest BCUT2D eigenvalue weighted by molar-refractivity contribution is -0.347.